The van der Waals surface area contributed by atoms with Crippen molar-refractivity contribution in [3.8, 4) is 22.8 Å². The number of nitrogens with one attached hydrogen (secondary N) is 1. The fraction of sp³-hybridized carbons (Fsp3) is 0.0500. The summed E-state index contributed by atoms with van der Waals surface area (Å²) in [4.78, 5) is 19.8. The summed E-state index contributed by atoms with van der Waals surface area (Å²) in [6.45, 7) is 0. The van der Waals surface area contributed by atoms with E-state index in [4.69, 9.17) is 15.3 Å². The van der Waals surface area contributed by atoms with Gasteiger partial charge in [-0.05, 0) is 36.2 Å². The number of phenols is 1. The molecule has 0 saturated carbocycles. The van der Waals surface area contributed by atoms with E-state index in [1.165, 1.54) is 35.8 Å². The van der Waals surface area contributed by atoms with E-state index < -0.39 is 5.97 Å². The van der Waals surface area contributed by atoms with Gasteiger partial charge in [-0.15, -0.1) is 11.3 Å². The number of ether oxygens (including phenoxy) is 1. The summed E-state index contributed by atoms with van der Waals surface area (Å²) >= 11 is 1.34. The maximum Gasteiger partial charge on any atom is 0.339 e. The Morgan fingerprint density at radius 2 is 2.14 bits per heavy atom. The Labute approximate surface area is 164 Å². The predicted octanol–water partition coefficient (Wildman–Crippen LogP) is 4.26. The van der Waals surface area contributed by atoms with Crippen LogP contribution in [0.4, 0.5) is 5.69 Å². The van der Waals surface area contributed by atoms with Crippen LogP contribution in [-0.4, -0.2) is 40.4 Å². The van der Waals surface area contributed by atoms with Crippen LogP contribution in [0.25, 0.3) is 16.8 Å². The molecular formula is C20H15N3O4S. The average molecular weight is 393 g/mol. The zero-order valence-electron chi connectivity index (χ0n) is 14.7. The van der Waals surface area contributed by atoms with Crippen molar-refractivity contribution >= 4 is 40.7 Å². The van der Waals surface area contributed by atoms with Crippen molar-refractivity contribution in [3.05, 3.63) is 58.4 Å². The molecule has 0 radical (unpaired) electrons. The zero-order valence-corrected chi connectivity index (χ0v) is 15.5. The summed E-state index contributed by atoms with van der Waals surface area (Å²) in [5.74, 6) is 1.43. The number of aromatic hydroxyl groups is 1. The molecule has 0 unspecified atom stereocenters. The second-order valence-electron chi connectivity index (χ2n) is 5.57. The van der Waals surface area contributed by atoms with Crippen molar-refractivity contribution in [1.82, 2.24) is 4.98 Å². The van der Waals surface area contributed by atoms with Gasteiger partial charge in [0.2, 0.25) is 0 Å². The molecular weight excluding hydrogens is 378 g/mol. The van der Waals surface area contributed by atoms with Crippen LogP contribution in [0.2, 0.25) is 0 Å². The van der Waals surface area contributed by atoms with E-state index in [1.54, 1.807) is 7.11 Å². The molecule has 2 aromatic carbocycles. The van der Waals surface area contributed by atoms with E-state index in [0.717, 1.165) is 17.0 Å². The minimum Gasteiger partial charge on any atom is -0.507 e. The zero-order chi connectivity index (χ0) is 20.1. The molecule has 28 heavy (non-hydrogen) atoms. The topological polar surface area (TPSA) is 116 Å². The monoisotopic (exact) mass is 393 g/mol. The van der Waals surface area contributed by atoms with Crippen LogP contribution in [-0.2, 0) is 0 Å². The Morgan fingerprint density at radius 1 is 1.32 bits per heavy atom. The number of hydrogen-bond acceptors (Lipinski definition) is 7. The van der Waals surface area contributed by atoms with Crippen LogP contribution < -0.4 is 4.74 Å². The molecule has 0 atom stereocenters. The van der Waals surface area contributed by atoms with Gasteiger partial charge in [-0.1, -0.05) is 12.1 Å². The highest BCUT2D eigenvalue weighted by Gasteiger charge is 2.11. The number of carboxylic acids is 1. The molecule has 0 aliphatic heterocycles. The van der Waals surface area contributed by atoms with Crippen molar-refractivity contribution in [2.75, 3.05) is 7.11 Å². The van der Waals surface area contributed by atoms with Crippen molar-refractivity contribution < 1.29 is 19.7 Å². The molecule has 8 heteroatoms. The smallest absolute Gasteiger partial charge is 0.339 e. The molecule has 140 valence electrons. The van der Waals surface area contributed by atoms with E-state index in [2.05, 4.69) is 15.8 Å². The Kier molecular flexibility index (Phi) is 5.64. The fourth-order valence-corrected chi connectivity index (χ4v) is 3.16. The highest BCUT2D eigenvalue weighted by atomic mass is 32.1. The van der Waals surface area contributed by atoms with Crippen LogP contribution in [0.15, 0.2) is 52.8 Å². The number of aromatic nitrogens is 1. The number of allylic oxidation sites excluding steroid dienone is 1. The molecule has 0 amide bonds. The van der Waals surface area contributed by atoms with Gasteiger partial charge in [0.15, 0.2) is 0 Å². The van der Waals surface area contributed by atoms with Crippen LogP contribution >= 0.6 is 11.3 Å². The highest BCUT2D eigenvalue weighted by molar-refractivity contribution is 7.11. The van der Waals surface area contributed by atoms with Crippen LogP contribution in [0.3, 0.4) is 0 Å². The predicted molar refractivity (Wildman–Crippen MR) is 108 cm³/mol. The summed E-state index contributed by atoms with van der Waals surface area (Å²) in [5, 5.41) is 28.6. The molecule has 7 nitrogen and oxygen atoms in total. The molecule has 0 saturated heterocycles. The molecule has 1 heterocycles. The van der Waals surface area contributed by atoms with Gasteiger partial charge in [0.1, 0.15) is 22.1 Å². The largest absolute Gasteiger partial charge is 0.507 e. The third kappa shape index (κ3) is 4.15. The first-order valence-corrected chi connectivity index (χ1v) is 8.90. The van der Waals surface area contributed by atoms with Crippen LogP contribution in [0.5, 0.6) is 11.5 Å². The Bertz CT molecular complexity index is 1110. The summed E-state index contributed by atoms with van der Waals surface area (Å²) in [6, 6.07) is 11.5. The van der Waals surface area contributed by atoms with Crippen molar-refractivity contribution in [2.24, 2.45) is 4.99 Å². The Hall–Kier alpha value is -3.74. The van der Waals surface area contributed by atoms with Gasteiger partial charge in [0.25, 0.3) is 0 Å². The lowest BCUT2D eigenvalue weighted by molar-refractivity contribution is 0.0694. The molecule has 1 aromatic heterocycles. The first-order chi connectivity index (χ1) is 13.5. The number of benzene rings is 2. The summed E-state index contributed by atoms with van der Waals surface area (Å²) in [7, 11) is 1.59. The van der Waals surface area contributed by atoms with Gasteiger partial charge < -0.3 is 14.9 Å². The average Bonchev–Trinajstić information content (AvgIpc) is 3.19. The highest BCUT2D eigenvalue weighted by Crippen LogP contribution is 2.28. The second-order valence-corrected chi connectivity index (χ2v) is 6.43. The van der Waals surface area contributed by atoms with Gasteiger partial charge in [-0.2, -0.15) is 0 Å². The number of methoxy groups -OCH3 is 1. The number of aromatic carboxylic acids is 1. The minimum absolute atomic E-state index is 0.246. The number of carbonyl (C=O) groups is 1. The van der Waals surface area contributed by atoms with E-state index in [1.807, 2.05) is 29.6 Å². The summed E-state index contributed by atoms with van der Waals surface area (Å²) in [6.07, 6.45) is 1.39. The minimum atomic E-state index is -1.25. The summed E-state index contributed by atoms with van der Waals surface area (Å²) < 4.78 is 5.22. The Morgan fingerprint density at radius 3 is 2.86 bits per heavy atom. The molecule has 0 bridgehead atoms. The number of carboxylic acid groups (broad SMARTS) is 1. The quantitative estimate of drug-likeness (QED) is 0.541. The lowest BCUT2D eigenvalue weighted by Crippen LogP contribution is -1.96. The Balaban J connectivity index is 1.86. The van der Waals surface area contributed by atoms with Gasteiger partial charge in [-0.3, -0.25) is 10.4 Å². The third-order valence-corrected chi connectivity index (χ3v) is 4.66. The fourth-order valence-electron chi connectivity index (χ4n) is 2.37. The van der Waals surface area contributed by atoms with E-state index in [0.29, 0.717) is 16.3 Å². The van der Waals surface area contributed by atoms with Crippen LogP contribution in [0, 0.1) is 5.41 Å². The van der Waals surface area contributed by atoms with Gasteiger partial charge in [0, 0.05) is 17.2 Å². The van der Waals surface area contributed by atoms with E-state index >= 15 is 0 Å². The SMILES string of the molecule is COc1cccc(-c2csc(C(=C=N)C=Nc3ccc(O)c(C(=O)O)c3)n2)c1. The molecule has 3 N–H and O–H groups in total. The van der Waals surface area contributed by atoms with E-state index in [-0.39, 0.29) is 11.3 Å². The maximum atomic E-state index is 11.1. The molecule has 0 spiro atoms. The van der Waals surface area contributed by atoms with Gasteiger partial charge in [0.05, 0.1) is 24.1 Å². The van der Waals surface area contributed by atoms with Crippen molar-refractivity contribution in [2.45, 2.75) is 0 Å². The number of rotatable bonds is 6. The number of thiazole rings is 1. The normalized spacial score (nSPS) is 10.6. The van der Waals surface area contributed by atoms with Crippen molar-refractivity contribution in [1.29, 1.82) is 5.41 Å². The molecule has 0 aliphatic carbocycles. The van der Waals surface area contributed by atoms with Crippen LogP contribution in [0.1, 0.15) is 15.4 Å². The molecule has 0 aliphatic rings. The van der Waals surface area contributed by atoms with E-state index in [9.17, 15) is 9.90 Å². The first-order valence-electron chi connectivity index (χ1n) is 8.02. The van der Waals surface area contributed by atoms with Gasteiger partial charge in [-0.25, -0.2) is 9.78 Å². The number of nitrogens with zero attached hydrogens (tertiary/aromatic N) is 2. The first kappa shape index (κ1) is 19.0. The molecule has 3 aromatic rings. The molecule has 3 rings (SSSR count). The van der Waals surface area contributed by atoms with Crippen molar-refractivity contribution in [3.63, 3.8) is 0 Å². The number of aliphatic imine (C=N–C) groups is 1. The lowest BCUT2D eigenvalue weighted by atomic mass is 10.1. The lowest BCUT2D eigenvalue weighted by Gasteiger charge is -2.01. The van der Waals surface area contributed by atoms with Gasteiger partial charge >= 0.3 is 5.97 Å². The summed E-state index contributed by atoms with van der Waals surface area (Å²) in [5.41, 5.74) is 2.05. The second kappa shape index (κ2) is 8.30. The standard InChI is InChI=1S/C20H15N3O4S/c1-27-15-4-2-3-12(7-15)17-11-28-19(23-17)13(9-21)10-22-14-5-6-18(24)16(8-14)20(25)26/h2-8,10-11,21,24H,1H3,(H,25,26). The maximum absolute atomic E-state index is 11.1. The molecule has 0 fully saturated rings. The number of hydrogen-bond donors (Lipinski definition) is 3. The third-order valence-electron chi connectivity index (χ3n) is 3.79.